The van der Waals surface area contributed by atoms with E-state index in [0.717, 1.165) is 18.2 Å². The summed E-state index contributed by atoms with van der Waals surface area (Å²) in [5, 5.41) is 0. The van der Waals surface area contributed by atoms with Crippen LogP contribution in [-0.2, 0) is 0 Å². The molecule has 1 heterocycles. The summed E-state index contributed by atoms with van der Waals surface area (Å²) in [5.41, 5.74) is 7.23. The smallest absolute Gasteiger partial charge is 0.0646 e. The maximum Gasteiger partial charge on any atom is 0.0646 e. The molecular formula is C17H29N3. The molecule has 0 radical (unpaired) electrons. The molecule has 1 fully saturated rings. The number of nitrogens with two attached hydrogens (primary N) is 1. The van der Waals surface area contributed by atoms with Gasteiger partial charge in [0, 0.05) is 18.8 Å². The number of aromatic nitrogens is 1. The first-order chi connectivity index (χ1) is 9.72. The van der Waals surface area contributed by atoms with Crippen LogP contribution < -0.4 is 5.73 Å². The van der Waals surface area contributed by atoms with Gasteiger partial charge in [-0.3, -0.25) is 9.88 Å². The Hall–Kier alpha value is -0.930. The van der Waals surface area contributed by atoms with Crippen LogP contribution in [-0.4, -0.2) is 29.0 Å². The highest BCUT2D eigenvalue weighted by Gasteiger charge is 2.29. The maximum atomic E-state index is 6.10. The molecule has 1 saturated carbocycles. The minimum atomic E-state index is 0.276. The van der Waals surface area contributed by atoms with Crippen LogP contribution in [0.15, 0.2) is 24.4 Å². The first-order valence-electron chi connectivity index (χ1n) is 8.09. The molecule has 1 aromatic rings. The van der Waals surface area contributed by atoms with Crippen molar-refractivity contribution in [2.75, 3.05) is 13.1 Å². The number of hydrogen-bond donors (Lipinski definition) is 1. The van der Waals surface area contributed by atoms with E-state index in [2.05, 4.69) is 35.9 Å². The van der Waals surface area contributed by atoms with Crippen molar-refractivity contribution in [3.05, 3.63) is 30.1 Å². The zero-order valence-corrected chi connectivity index (χ0v) is 13.0. The summed E-state index contributed by atoms with van der Waals surface area (Å²) in [4.78, 5) is 7.18. The molecule has 0 aliphatic heterocycles. The molecule has 0 aromatic carbocycles. The van der Waals surface area contributed by atoms with E-state index in [0.29, 0.717) is 12.6 Å². The van der Waals surface area contributed by atoms with Crippen LogP contribution in [0.2, 0.25) is 0 Å². The van der Waals surface area contributed by atoms with Gasteiger partial charge >= 0.3 is 0 Å². The lowest BCUT2D eigenvalue weighted by atomic mass is 10.0. The maximum absolute atomic E-state index is 6.10. The summed E-state index contributed by atoms with van der Waals surface area (Å²) >= 11 is 0. The van der Waals surface area contributed by atoms with Crippen molar-refractivity contribution >= 4 is 0 Å². The van der Waals surface area contributed by atoms with Crippen molar-refractivity contribution < 1.29 is 0 Å². The number of pyridine rings is 1. The Bertz CT molecular complexity index is 371. The Kier molecular flexibility index (Phi) is 5.99. The van der Waals surface area contributed by atoms with Gasteiger partial charge < -0.3 is 5.73 Å². The molecule has 2 rings (SSSR count). The zero-order chi connectivity index (χ0) is 14.4. The monoisotopic (exact) mass is 275 g/mol. The highest BCUT2D eigenvalue weighted by molar-refractivity contribution is 5.10. The van der Waals surface area contributed by atoms with E-state index in [1.165, 1.54) is 32.1 Å². The van der Waals surface area contributed by atoms with E-state index >= 15 is 0 Å². The summed E-state index contributed by atoms with van der Waals surface area (Å²) < 4.78 is 0. The number of nitrogens with zero attached hydrogens (tertiary/aromatic N) is 2. The third kappa shape index (κ3) is 4.03. The molecule has 1 aliphatic carbocycles. The zero-order valence-electron chi connectivity index (χ0n) is 13.0. The lowest BCUT2D eigenvalue weighted by Crippen LogP contribution is -2.41. The molecule has 112 valence electrons. The molecule has 1 aliphatic rings. The van der Waals surface area contributed by atoms with Crippen molar-refractivity contribution in [2.45, 2.75) is 58.0 Å². The molecule has 1 aromatic heterocycles. The average molecular weight is 275 g/mol. The quantitative estimate of drug-likeness (QED) is 0.829. The van der Waals surface area contributed by atoms with Gasteiger partial charge in [0.25, 0.3) is 0 Å². The van der Waals surface area contributed by atoms with Crippen LogP contribution >= 0.6 is 0 Å². The van der Waals surface area contributed by atoms with Crippen molar-refractivity contribution in [1.29, 1.82) is 0 Å². The number of hydrogen-bond acceptors (Lipinski definition) is 3. The molecule has 1 atom stereocenters. The summed E-state index contributed by atoms with van der Waals surface area (Å²) in [6.45, 7) is 6.39. The third-order valence-corrected chi connectivity index (χ3v) is 4.41. The molecular weight excluding hydrogens is 246 g/mol. The predicted octanol–water partition coefficient (Wildman–Crippen LogP) is 3.37. The Labute approximate surface area is 123 Å². The summed E-state index contributed by atoms with van der Waals surface area (Å²) in [6.07, 6.45) is 8.49. The molecule has 3 heteroatoms. The molecule has 20 heavy (non-hydrogen) atoms. The first kappa shape index (κ1) is 15.5. The van der Waals surface area contributed by atoms with Crippen molar-refractivity contribution in [3.8, 4) is 0 Å². The van der Waals surface area contributed by atoms with Crippen LogP contribution in [0.5, 0.6) is 0 Å². The van der Waals surface area contributed by atoms with Gasteiger partial charge in [-0.2, -0.15) is 0 Å². The van der Waals surface area contributed by atoms with Gasteiger partial charge in [-0.1, -0.05) is 32.8 Å². The van der Waals surface area contributed by atoms with E-state index < -0.39 is 0 Å². The van der Waals surface area contributed by atoms with Crippen molar-refractivity contribution in [3.63, 3.8) is 0 Å². The van der Waals surface area contributed by atoms with E-state index in [1.807, 2.05) is 12.3 Å². The topological polar surface area (TPSA) is 42.1 Å². The third-order valence-electron chi connectivity index (χ3n) is 4.41. The second-order valence-corrected chi connectivity index (χ2v) is 6.36. The summed E-state index contributed by atoms with van der Waals surface area (Å²) in [5.74, 6) is 0.737. The fraction of sp³-hybridized carbons (Fsp3) is 0.706. The molecule has 1 unspecified atom stereocenters. The van der Waals surface area contributed by atoms with Gasteiger partial charge in [0.2, 0.25) is 0 Å². The van der Waals surface area contributed by atoms with Gasteiger partial charge in [0.15, 0.2) is 0 Å². The van der Waals surface area contributed by atoms with Crippen LogP contribution in [0, 0.1) is 5.92 Å². The van der Waals surface area contributed by atoms with E-state index in [-0.39, 0.29) is 6.04 Å². The van der Waals surface area contributed by atoms with Gasteiger partial charge in [0.05, 0.1) is 11.7 Å². The van der Waals surface area contributed by atoms with Gasteiger partial charge in [-0.25, -0.2) is 0 Å². The largest absolute Gasteiger partial charge is 0.329 e. The van der Waals surface area contributed by atoms with Crippen LogP contribution in [0.4, 0.5) is 0 Å². The van der Waals surface area contributed by atoms with Crippen LogP contribution in [0.1, 0.15) is 57.7 Å². The lowest BCUT2D eigenvalue weighted by molar-refractivity contribution is 0.128. The Morgan fingerprint density at radius 1 is 1.30 bits per heavy atom. The Morgan fingerprint density at radius 3 is 2.60 bits per heavy atom. The summed E-state index contributed by atoms with van der Waals surface area (Å²) in [7, 11) is 0. The van der Waals surface area contributed by atoms with Gasteiger partial charge in [-0.15, -0.1) is 0 Å². The van der Waals surface area contributed by atoms with Crippen LogP contribution in [0.3, 0.4) is 0 Å². The highest BCUT2D eigenvalue weighted by Crippen LogP contribution is 2.30. The molecule has 3 nitrogen and oxygen atoms in total. The van der Waals surface area contributed by atoms with E-state index in [4.69, 9.17) is 5.73 Å². The van der Waals surface area contributed by atoms with Crippen molar-refractivity contribution in [1.82, 2.24) is 9.88 Å². The van der Waals surface area contributed by atoms with E-state index in [1.54, 1.807) is 0 Å². The average Bonchev–Trinajstić information content (AvgIpc) is 2.98. The molecule has 2 N–H and O–H groups in total. The Balaban J connectivity index is 2.13. The van der Waals surface area contributed by atoms with Crippen LogP contribution in [0.25, 0.3) is 0 Å². The predicted molar refractivity (Wildman–Crippen MR) is 84.4 cm³/mol. The van der Waals surface area contributed by atoms with Gasteiger partial charge in [-0.05, 0) is 43.9 Å². The molecule has 0 bridgehead atoms. The molecule has 0 saturated heterocycles. The second kappa shape index (κ2) is 7.75. The minimum Gasteiger partial charge on any atom is -0.329 e. The minimum absolute atomic E-state index is 0.276. The normalized spacial score (nSPS) is 18.1. The fourth-order valence-corrected chi connectivity index (χ4v) is 3.24. The highest BCUT2D eigenvalue weighted by atomic mass is 15.2. The SMILES string of the molecule is CC(C)CCN(C1CCCC1)C(CN)c1ccccn1. The Morgan fingerprint density at radius 2 is 2.05 bits per heavy atom. The molecule has 0 spiro atoms. The standard InChI is InChI=1S/C17H29N3/c1-14(2)10-12-20(15-7-3-4-8-15)17(13-18)16-9-5-6-11-19-16/h5-6,9,11,14-15,17H,3-4,7-8,10,12-13,18H2,1-2H3. The fourth-order valence-electron chi connectivity index (χ4n) is 3.24. The molecule has 0 amide bonds. The summed E-state index contributed by atoms with van der Waals surface area (Å²) in [6, 6.07) is 7.14. The van der Waals surface area contributed by atoms with Gasteiger partial charge in [0.1, 0.15) is 0 Å². The second-order valence-electron chi connectivity index (χ2n) is 6.36. The first-order valence-corrected chi connectivity index (χ1v) is 8.09. The lowest BCUT2D eigenvalue weighted by Gasteiger charge is -2.36. The van der Waals surface area contributed by atoms with Crippen molar-refractivity contribution in [2.24, 2.45) is 11.7 Å². The number of rotatable bonds is 7. The van der Waals surface area contributed by atoms with E-state index in [9.17, 15) is 0 Å².